The maximum atomic E-state index is 12.2. The molecule has 0 aliphatic carbocycles. The van der Waals surface area contributed by atoms with E-state index < -0.39 is 11.4 Å². The van der Waals surface area contributed by atoms with Gasteiger partial charge in [0.1, 0.15) is 5.76 Å². The minimum atomic E-state index is -0.760. The van der Waals surface area contributed by atoms with Crippen molar-refractivity contribution in [3.05, 3.63) is 24.2 Å². The molecule has 1 aromatic heterocycles. The molecule has 2 rings (SSSR count). The number of likely N-dealkylation sites (N-methyl/N-ethyl adjacent to an activating group) is 1. The zero-order valence-corrected chi connectivity index (χ0v) is 12.5. The van der Waals surface area contributed by atoms with Gasteiger partial charge in [-0.05, 0) is 31.5 Å². The van der Waals surface area contributed by atoms with Crippen molar-refractivity contribution in [2.45, 2.75) is 26.3 Å². The summed E-state index contributed by atoms with van der Waals surface area (Å²) in [4.78, 5) is 27.1. The molecule has 1 aliphatic rings. The van der Waals surface area contributed by atoms with E-state index in [-0.39, 0.29) is 12.5 Å². The quantitative estimate of drug-likeness (QED) is 0.859. The van der Waals surface area contributed by atoms with E-state index in [1.165, 1.54) is 0 Å². The van der Waals surface area contributed by atoms with Gasteiger partial charge in [0.05, 0.1) is 24.8 Å². The van der Waals surface area contributed by atoms with Gasteiger partial charge >= 0.3 is 5.97 Å². The molecule has 116 valence electrons. The van der Waals surface area contributed by atoms with Crippen LogP contribution in [0.3, 0.4) is 0 Å². The van der Waals surface area contributed by atoms with Crippen LogP contribution < -0.4 is 0 Å². The van der Waals surface area contributed by atoms with E-state index in [2.05, 4.69) is 0 Å². The van der Waals surface area contributed by atoms with E-state index in [1.54, 1.807) is 24.3 Å². The number of likely N-dealkylation sites (tertiary alicyclic amines) is 1. The van der Waals surface area contributed by atoms with E-state index in [0.29, 0.717) is 32.5 Å². The first-order valence-corrected chi connectivity index (χ1v) is 7.19. The fraction of sp³-hybridized carbons (Fsp3) is 0.600. The number of rotatable bonds is 6. The third-order valence-electron chi connectivity index (χ3n) is 4.32. The summed E-state index contributed by atoms with van der Waals surface area (Å²) in [6, 6.07) is 3.61. The molecule has 1 N–H and O–H groups in total. The van der Waals surface area contributed by atoms with Gasteiger partial charge in [0.2, 0.25) is 5.91 Å². The number of carbonyl (C=O) groups is 2. The molecule has 0 aromatic carbocycles. The second kappa shape index (κ2) is 6.30. The molecule has 1 aliphatic heterocycles. The summed E-state index contributed by atoms with van der Waals surface area (Å²) in [5.74, 6) is -0.0479. The number of carboxylic acids is 1. The van der Waals surface area contributed by atoms with Crippen LogP contribution in [0.1, 0.15) is 25.5 Å². The first-order valence-electron chi connectivity index (χ1n) is 7.19. The zero-order chi connectivity index (χ0) is 15.5. The highest BCUT2D eigenvalue weighted by Crippen LogP contribution is 2.34. The Morgan fingerprint density at radius 2 is 2.29 bits per heavy atom. The number of carbonyl (C=O) groups excluding carboxylic acids is 1. The number of amides is 1. The molecule has 0 saturated carbocycles. The number of nitrogens with zero attached hydrogens (tertiary/aromatic N) is 2. The Bertz CT molecular complexity index is 500. The average molecular weight is 294 g/mol. The van der Waals surface area contributed by atoms with Gasteiger partial charge in [-0.3, -0.25) is 14.5 Å². The van der Waals surface area contributed by atoms with Gasteiger partial charge < -0.3 is 14.4 Å². The summed E-state index contributed by atoms with van der Waals surface area (Å²) in [6.45, 7) is 3.67. The first-order chi connectivity index (χ1) is 9.97. The Hall–Kier alpha value is -1.82. The summed E-state index contributed by atoms with van der Waals surface area (Å²) in [6.07, 6.45) is 2.78. The third kappa shape index (κ3) is 3.44. The summed E-state index contributed by atoms with van der Waals surface area (Å²) in [7, 11) is 1.73. The van der Waals surface area contributed by atoms with Crippen LogP contribution in [0.5, 0.6) is 0 Å². The molecule has 0 spiro atoms. The van der Waals surface area contributed by atoms with Gasteiger partial charge in [-0.25, -0.2) is 0 Å². The second-order valence-electron chi connectivity index (χ2n) is 5.73. The highest BCUT2D eigenvalue weighted by Gasteiger charge is 2.43. The van der Waals surface area contributed by atoms with E-state index in [1.807, 2.05) is 17.9 Å². The Morgan fingerprint density at radius 3 is 2.81 bits per heavy atom. The lowest BCUT2D eigenvalue weighted by Crippen LogP contribution is -2.39. The number of carboxylic acid groups (broad SMARTS) is 1. The van der Waals surface area contributed by atoms with Crippen LogP contribution in [-0.4, -0.2) is 53.5 Å². The fourth-order valence-corrected chi connectivity index (χ4v) is 2.74. The Labute approximate surface area is 124 Å². The molecule has 1 atom stereocenters. The molecular formula is C15H22N2O4. The van der Waals surface area contributed by atoms with Crippen LogP contribution in [0.15, 0.2) is 22.8 Å². The van der Waals surface area contributed by atoms with Crippen LogP contribution in [0.2, 0.25) is 0 Å². The van der Waals surface area contributed by atoms with Crippen molar-refractivity contribution in [1.29, 1.82) is 0 Å². The van der Waals surface area contributed by atoms with Crippen molar-refractivity contribution < 1.29 is 19.1 Å². The minimum absolute atomic E-state index is 0.0244. The normalized spacial score (nSPS) is 22.4. The van der Waals surface area contributed by atoms with Crippen molar-refractivity contribution in [3.8, 4) is 0 Å². The lowest BCUT2D eigenvalue weighted by Gasteiger charge is -2.24. The first kappa shape index (κ1) is 15.6. The number of hydrogen-bond acceptors (Lipinski definition) is 4. The minimum Gasteiger partial charge on any atom is -0.481 e. The molecule has 1 unspecified atom stereocenters. The molecule has 6 nitrogen and oxygen atoms in total. The van der Waals surface area contributed by atoms with E-state index >= 15 is 0 Å². The smallest absolute Gasteiger partial charge is 0.310 e. The molecule has 1 fully saturated rings. The highest BCUT2D eigenvalue weighted by atomic mass is 16.4. The summed E-state index contributed by atoms with van der Waals surface area (Å²) >= 11 is 0. The largest absolute Gasteiger partial charge is 0.481 e. The van der Waals surface area contributed by atoms with Gasteiger partial charge in [-0.2, -0.15) is 0 Å². The monoisotopic (exact) mass is 294 g/mol. The van der Waals surface area contributed by atoms with E-state index in [0.717, 1.165) is 5.76 Å². The number of aliphatic carboxylic acids is 1. The Kier molecular flexibility index (Phi) is 4.67. The summed E-state index contributed by atoms with van der Waals surface area (Å²) < 4.78 is 5.22. The number of hydrogen-bond donors (Lipinski definition) is 1. The lowest BCUT2D eigenvalue weighted by molar-refractivity contribution is -0.148. The SMILES string of the molecule is CCC1(C(=O)O)CCN(CC(=O)N(C)Cc2ccco2)C1. The molecule has 0 radical (unpaired) electrons. The molecular weight excluding hydrogens is 272 g/mol. The van der Waals surface area contributed by atoms with Gasteiger partial charge in [0, 0.05) is 13.6 Å². The maximum absolute atomic E-state index is 12.2. The topological polar surface area (TPSA) is 74.0 Å². The van der Waals surface area contributed by atoms with Gasteiger partial charge in [-0.1, -0.05) is 6.92 Å². The molecule has 6 heteroatoms. The van der Waals surface area contributed by atoms with Crippen LogP contribution in [0.25, 0.3) is 0 Å². The average Bonchev–Trinajstić information content (AvgIpc) is 3.08. The Morgan fingerprint density at radius 1 is 1.52 bits per heavy atom. The molecule has 2 heterocycles. The number of furan rings is 1. The van der Waals surface area contributed by atoms with Crippen molar-refractivity contribution in [3.63, 3.8) is 0 Å². The molecule has 1 amide bonds. The van der Waals surface area contributed by atoms with Gasteiger partial charge in [-0.15, -0.1) is 0 Å². The maximum Gasteiger partial charge on any atom is 0.310 e. The second-order valence-corrected chi connectivity index (χ2v) is 5.73. The van der Waals surface area contributed by atoms with Crippen LogP contribution in [0, 0.1) is 5.41 Å². The Balaban J connectivity index is 1.87. The molecule has 21 heavy (non-hydrogen) atoms. The summed E-state index contributed by atoms with van der Waals surface area (Å²) in [5, 5.41) is 9.36. The van der Waals surface area contributed by atoms with E-state index in [4.69, 9.17) is 4.42 Å². The van der Waals surface area contributed by atoms with Crippen LogP contribution in [0.4, 0.5) is 0 Å². The predicted octanol–water partition coefficient (Wildman–Crippen LogP) is 1.42. The fourth-order valence-electron chi connectivity index (χ4n) is 2.74. The molecule has 1 aromatic rings. The molecule has 0 bridgehead atoms. The van der Waals surface area contributed by atoms with Gasteiger partial charge in [0.25, 0.3) is 0 Å². The van der Waals surface area contributed by atoms with Crippen molar-refractivity contribution >= 4 is 11.9 Å². The standard InChI is InChI=1S/C15H22N2O4/c1-3-15(14(19)20)6-7-17(11-15)10-13(18)16(2)9-12-5-4-8-21-12/h4-5,8H,3,6-7,9-11H2,1-2H3,(H,19,20). The molecule has 1 saturated heterocycles. The lowest BCUT2D eigenvalue weighted by atomic mass is 9.84. The zero-order valence-electron chi connectivity index (χ0n) is 12.5. The third-order valence-corrected chi connectivity index (χ3v) is 4.32. The van der Waals surface area contributed by atoms with E-state index in [9.17, 15) is 14.7 Å². The predicted molar refractivity (Wildman–Crippen MR) is 76.6 cm³/mol. The van der Waals surface area contributed by atoms with Crippen molar-refractivity contribution in [2.24, 2.45) is 5.41 Å². The van der Waals surface area contributed by atoms with Crippen molar-refractivity contribution in [1.82, 2.24) is 9.80 Å². The van der Waals surface area contributed by atoms with Crippen LogP contribution >= 0.6 is 0 Å². The summed E-state index contributed by atoms with van der Waals surface area (Å²) in [5.41, 5.74) is -0.695. The van der Waals surface area contributed by atoms with Crippen molar-refractivity contribution in [2.75, 3.05) is 26.7 Å². The highest BCUT2D eigenvalue weighted by molar-refractivity contribution is 5.79. The van der Waals surface area contributed by atoms with Crippen LogP contribution in [-0.2, 0) is 16.1 Å². The van der Waals surface area contributed by atoms with Gasteiger partial charge in [0.15, 0.2) is 0 Å².